The first kappa shape index (κ1) is 22.1. The molecule has 4 rings (SSSR count). The first-order chi connectivity index (χ1) is 16.0. The number of carboxylic acid groups (broad SMARTS) is 1. The monoisotopic (exact) mass is 448 g/mol. The van der Waals surface area contributed by atoms with Crippen LogP contribution in [0.3, 0.4) is 0 Å². The molecule has 8 heteroatoms. The van der Waals surface area contributed by atoms with Crippen LogP contribution in [0.4, 0.5) is 4.79 Å². The number of aromatic carboxylic acids is 1. The molecule has 33 heavy (non-hydrogen) atoms. The molecule has 3 aromatic rings. The Hall–Kier alpha value is -4.07. The van der Waals surface area contributed by atoms with Crippen LogP contribution in [0.15, 0.2) is 65.1 Å². The summed E-state index contributed by atoms with van der Waals surface area (Å²) in [4.78, 5) is 34.9. The van der Waals surface area contributed by atoms with Crippen molar-refractivity contribution in [2.45, 2.75) is 25.3 Å². The number of hydrogen-bond acceptors (Lipinski definition) is 5. The third-order valence-electron chi connectivity index (χ3n) is 5.53. The zero-order valence-corrected chi connectivity index (χ0v) is 17.9. The molecule has 0 saturated carbocycles. The van der Waals surface area contributed by atoms with Gasteiger partial charge in [0.2, 0.25) is 11.7 Å². The van der Waals surface area contributed by atoms with Gasteiger partial charge in [-0.1, -0.05) is 48.5 Å². The molecule has 1 aromatic heterocycles. The lowest BCUT2D eigenvalue weighted by atomic mass is 9.98. The number of ether oxygens (including phenoxy) is 1. The fourth-order valence-corrected chi connectivity index (χ4v) is 3.95. The van der Waals surface area contributed by atoms with Crippen LogP contribution < -0.4 is 10.6 Å². The van der Waals surface area contributed by atoms with Crippen LogP contribution in [0, 0.1) is 0 Å². The van der Waals surface area contributed by atoms with Gasteiger partial charge in [0.05, 0.1) is 6.54 Å². The molecule has 1 aliphatic carbocycles. The topological polar surface area (TPSA) is 118 Å². The van der Waals surface area contributed by atoms with E-state index in [2.05, 4.69) is 34.9 Å². The van der Waals surface area contributed by atoms with E-state index in [1.807, 2.05) is 24.3 Å². The number of fused-ring (bicyclic) bond motifs is 3. The van der Waals surface area contributed by atoms with Gasteiger partial charge in [0.15, 0.2) is 0 Å². The Morgan fingerprint density at radius 3 is 2.21 bits per heavy atom. The largest absolute Gasteiger partial charge is 0.475 e. The van der Waals surface area contributed by atoms with Crippen molar-refractivity contribution < 1.29 is 28.6 Å². The number of nitrogens with one attached hydrogen (secondary N) is 2. The van der Waals surface area contributed by atoms with Crippen LogP contribution in [-0.4, -0.2) is 36.2 Å². The average Bonchev–Trinajstić information content (AvgIpc) is 3.42. The van der Waals surface area contributed by atoms with Gasteiger partial charge in [-0.15, -0.1) is 0 Å². The Morgan fingerprint density at radius 1 is 0.909 bits per heavy atom. The van der Waals surface area contributed by atoms with Gasteiger partial charge in [-0.25, -0.2) is 9.59 Å². The van der Waals surface area contributed by atoms with Crippen molar-refractivity contribution in [3.8, 4) is 11.1 Å². The molecule has 2 amide bonds. The van der Waals surface area contributed by atoms with E-state index in [1.165, 1.54) is 23.3 Å². The van der Waals surface area contributed by atoms with Crippen molar-refractivity contribution in [3.05, 3.63) is 83.3 Å². The quantitative estimate of drug-likeness (QED) is 0.427. The Morgan fingerprint density at radius 2 is 1.58 bits per heavy atom. The number of furan rings is 1. The molecule has 0 bridgehead atoms. The summed E-state index contributed by atoms with van der Waals surface area (Å²) in [5.74, 6) is -1.20. The highest BCUT2D eigenvalue weighted by Crippen LogP contribution is 2.44. The van der Waals surface area contributed by atoms with Gasteiger partial charge in [-0.3, -0.25) is 4.79 Å². The number of alkyl carbamates (subject to hydrolysis) is 1. The Balaban J connectivity index is 1.17. The summed E-state index contributed by atoms with van der Waals surface area (Å²) in [5, 5.41) is 14.1. The van der Waals surface area contributed by atoms with Crippen molar-refractivity contribution in [1.82, 2.24) is 10.6 Å². The smallest absolute Gasteiger partial charge is 0.407 e. The molecule has 0 radical (unpaired) electrons. The third-order valence-corrected chi connectivity index (χ3v) is 5.53. The van der Waals surface area contributed by atoms with Crippen molar-refractivity contribution in [2.75, 3.05) is 13.2 Å². The standard InChI is InChI=1S/C25H24N2O6/c28-23(27-14-16-11-12-22(33-16)24(29)30)10-5-13-26-25(31)32-15-21-19-8-3-1-6-17(19)18-7-2-4-9-20(18)21/h1-4,6-9,11-12,21H,5,10,13-15H2,(H,26,31)(H,27,28)(H,29,30). The summed E-state index contributed by atoms with van der Waals surface area (Å²) in [5.41, 5.74) is 4.63. The number of carbonyl (C=O) groups is 3. The molecular formula is C25H24N2O6. The van der Waals surface area contributed by atoms with Crippen LogP contribution >= 0.6 is 0 Å². The van der Waals surface area contributed by atoms with Gasteiger partial charge in [0, 0.05) is 18.9 Å². The van der Waals surface area contributed by atoms with E-state index in [-0.39, 0.29) is 37.2 Å². The highest BCUT2D eigenvalue weighted by Gasteiger charge is 2.28. The van der Waals surface area contributed by atoms with E-state index < -0.39 is 12.1 Å². The van der Waals surface area contributed by atoms with Crippen LogP contribution in [-0.2, 0) is 16.1 Å². The van der Waals surface area contributed by atoms with Gasteiger partial charge in [0.25, 0.3) is 0 Å². The Labute approximate surface area is 190 Å². The summed E-state index contributed by atoms with van der Waals surface area (Å²) < 4.78 is 10.5. The van der Waals surface area contributed by atoms with Gasteiger partial charge < -0.3 is 24.9 Å². The van der Waals surface area contributed by atoms with Gasteiger partial charge >= 0.3 is 12.1 Å². The average molecular weight is 448 g/mol. The minimum Gasteiger partial charge on any atom is -0.475 e. The van der Waals surface area contributed by atoms with Crippen LogP contribution in [0.2, 0.25) is 0 Å². The SMILES string of the molecule is O=C(CCCNC(=O)OCC1c2ccccc2-c2ccccc21)NCc1ccc(C(=O)O)o1. The maximum Gasteiger partial charge on any atom is 0.407 e. The Kier molecular flexibility index (Phi) is 6.73. The zero-order valence-electron chi connectivity index (χ0n) is 17.9. The van der Waals surface area contributed by atoms with Gasteiger partial charge in [-0.05, 0) is 40.8 Å². The lowest BCUT2D eigenvalue weighted by Gasteiger charge is -2.14. The number of benzene rings is 2. The van der Waals surface area contributed by atoms with Crippen molar-refractivity contribution in [1.29, 1.82) is 0 Å². The summed E-state index contributed by atoms with van der Waals surface area (Å²) in [7, 11) is 0. The molecule has 2 aromatic carbocycles. The number of carbonyl (C=O) groups excluding carboxylic acids is 2. The highest BCUT2D eigenvalue weighted by molar-refractivity contribution is 5.84. The molecular weight excluding hydrogens is 424 g/mol. The van der Waals surface area contributed by atoms with Crippen LogP contribution in [0.5, 0.6) is 0 Å². The van der Waals surface area contributed by atoms with E-state index in [9.17, 15) is 14.4 Å². The maximum atomic E-state index is 12.1. The molecule has 0 atom stereocenters. The summed E-state index contributed by atoms with van der Waals surface area (Å²) >= 11 is 0. The molecule has 170 valence electrons. The summed E-state index contributed by atoms with van der Waals surface area (Å²) in [6.07, 6.45) is 0.124. The lowest BCUT2D eigenvalue weighted by Crippen LogP contribution is -2.28. The molecule has 1 aliphatic rings. The maximum absolute atomic E-state index is 12.1. The Bertz CT molecular complexity index is 1120. The first-order valence-corrected chi connectivity index (χ1v) is 10.7. The zero-order chi connectivity index (χ0) is 23.2. The van der Waals surface area contributed by atoms with Crippen molar-refractivity contribution in [3.63, 3.8) is 0 Å². The normalized spacial score (nSPS) is 12.0. The third kappa shape index (κ3) is 5.23. The molecule has 0 aliphatic heterocycles. The molecule has 0 unspecified atom stereocenters. The van der Waals surface area contributed by atoms with Gasteiger partial charge in [-0.2, -0.15) is 0 Å². The molecule has 1 heterocycles. The number of amides is 2. The predicted octanol–water partition coefficient (Wildman–Crippen LogP) is 3.91. The minimum absolute atomic E-state index is 0.00262. The second-order valence-electron chi connectivity index (χ2n) is 7.70. The molecule has 0 saturated heterocycles. The molecule has 0 fully saturated rings. The lowest BCUT2D eigenvalue weighted by molar-refractivity contribution is -0.121. The van der Waals surface area contributed by atoms with E-state index in [4.69, 9.17) is 14.3 Å². The first-order valence-electron chi connectivity index (χ1n) is 10.7. The number of hydrogen-bond donors (Lipinski definition) is 3. The highest BCUT2D eigenvalue weighted by atomic mass is 16.5. The number of rotatable bonds is 9. The van der Waals surface area contributed by atoms with E-state index in [0.29, 0.717) is 18.7 Å². The van der Waals surface area contributed by atoms with E-state index >= 15 is 0 Å². The predicted molar refractivity (Wildman–Crippen MR) is 120 cm³/mol. The minimum atomic E-state index is -1.16. The fraction of sp³-hybridized carbons (Fsp3) is 0.240. The summed E-state index contributed by atoms with van der Waals surface area (Å²) in [6.45, 7) is 0.641. The fourth-order valence-electron chi connectivity index (χ4n) is 3.95. The number of carboxylic acids is 1. The van der Waals surface area contributed by atoms with E-state index in [1.54, 1.807) is 0 Å². The van der Waals surface area contributed by atoms with Crippen molar-refractivity contribution >= 4 is 18.0 Å². The van der Waals surface area contributed by atoms with Crippen molar-refractivity contribution in [2.24, 2.45) is 0 Å². The van der Waals surface area contributed by atoms with Crippen LogP contribution in [0.25, 0.3) is 11.1 Å². The van der Waals surface area contributed by atoms with Crippen LogP contribution in [0.1, 0.15) is 46.2 Å². The summed E-state index contributed by atoms with van der Waals surface area (Å²) in [6, 6.07) is 19.1. The molecule has 3 N–H and O–H groups in total. The molecule has 0 spiro atoms. The molecule has 8 nitrogen and oxygen atoms in total. The second-order valence-corrected chi connectivity index (χ2v) is 7.70. The van der Waals surface area contributed by atoms with E-state index in [0.717, 1.165) is 11.1 Å². The second kappa shape index (κ2) is 10.0. The van der Waals surface area contributed by atoms with Gasteiger partial charge in [0.1, 0.15) is 12.4 Å².